The second-order valence-electron chi connectivity index (χ2n) is 8.66. The maximum Gasteiger partial charge on any atom is 0.244 e. The predicted molar refractivity (Wildman–Crippen MR) is 139 cm³/mol. The van der Waals surface area contributed by atoms with Crippen LogP contribution >= 0.6 is 11.6 Å². The average Bonchev–Trinajstić information content (AvgIpc) is 2.78. The van der Waals surface area contributed by atoms with E-state index in [1.54, 1.807) is 44.4 Å². The maximum absolute atomic E-state index is 13.7. The van der Waals surface area contributed by atoms with E-state index in [9.17, 15) is 18.0 Å². The summed E-state index contributed by atoms with van der Waals surface area (Å²) in [4.78, 5) is 28.1. The van der Waals surface area contributed by atoms with E-state index in [1.165, 1.54) is 11.0 Å². The molecule has 0 radical (unpaired) electrons. The Hall–Kier alpha value is -2.78. The lowest BCUT2D eigenvalue weighted by atomic mass is 10.1. The van der Waals surface area contributed by atoms with Crippen LogP contribution in [0.4, 0.5) is 5.69 Å². The zero-order valence-corrected chi connectivity index (χ0v) is 22.6. The Balaban J connectivity index is 2.47. The Kier molecular flexibility index (Phi) is 9.97. The third-order valence-electron chi connectivity index (χ3n) is 5.43. The third-order valence-corrected chi connectivity index (χ3v) is 6.97. The first-order valence-corrected chi connectivity index (χ1v) is 13.6. The maximum atomic E-state index is 13.7. The number of hydrogen-bond donors (Lipinski definition) is 1. The van der Waals surface area contributed by atoms with Crippen LogP contribution in [0.5, 0.6) is 5.75 Å². The molecule has 0 unspecified atom stereocenters. The number of aryl methyl sites for hydroxylation is 1. The number of sulfonamides is 1. The van der Waals surface area contributed by atoms with Gasteiger partial charge in [0.2, 0.25) is 21.8 Å². The molecule has 0 saturated heterocycles. The van der Waals surface area contributed by atoms with Gasteiger partial charge in [-0.2, -0.15) is 0 Å². The van der Waals surface area contributed by atoms with Gasteiger partial charge in [-0.1, -0.05) is 36.7 Å². The molecule has 0 aliphatic heterocycles. The number of amides is 2. The molecule has 35 heavy (non-hydrogen) atoms. The quantitative estimate of drug-likeness (QED) is 0.484. The fourth-order valence-electron chi connectivity index (χ4n) is 3.62. The fourth-order valence-corrected chi connectivity index (χ4v) is 4.63. The lowest BCUT2D eigenvalue weighted by molar-refractivity contribution is -0.140. The van der Waals surface area contributed by atoms with E-state index in [4.69, 9.17) is 16.3 Å². The predicted octanol–water partition coefficient (Wildman–Crippen LogP) is 3.76. The number of benzene rings is 2. The van der Waals surface area contributed by atoms with Crippen LogP contribution in [0.3, 0.4) is 0 Å². The van der Waals surface area contributed by atoms with Gasteiger partial charge < -0.3 is 15.0 Å². The summed E-state index contributed by atoms with van der Waals surface area (Å²) >= 11 is 6.22. The summed E-state index contributed by atoms with van der Waals surface area (Å²) < 4.78 is 31.6. The van der Waals surface area contributed by atoms with Crippen LogP contribution in [-0.2, 0) is 26.2 Å². The molecule has 2 aromatic carbocycles. The summed E-state index contributed by atoms with van der Waals surface area (Å²) in [6, 6.07) is 11.1. The van der Waals surface area contributed by atoms with Crippen LogP contribution in [0.15, 0.2) is 42.5 Å². The van der Waals surface area contributed by atoms with Gasteiger partial charge in [-0.25, -0.2) is 8.42 Å². The molecule has 0 saturated carbocycles. The summed E-state index contributed by atoms with van der Waals surface area (Å²) in [6.07, 6.45) is 1.38. The van der Waals surface area contributed by atoms with Crippen LogP contribution in [0.2, 0.25) is 5.02 Å². The number of ether oxygens (including phenoxy) is 1. The highest BCUT2D eigenvalue weighted by molar-refractivity contribution is 7.92. The number of methoxy groups -OCH3 is 1. The van der Waals surface area contributed by atoms with Crippen molar-refractivity contribution in [2.24, 2.45) is 0 Å². The lowest BCUT2D eigenvalue weighted by Crippen LogP contribution is -2.53. The molecule has 0 bridgehead atoms. The number of halogens is 1. The molecule has 1 atom stereocenters. The van der Waals surface area contributed by atoms with E-state index >= 15 is 0 Å². The minimum atomic E-state index is -3.82. The Morgan fingerprint density at radius 1 is 1.14 bits per heavy atom. The normalized spacial score (nSPS) is 12.2. The number of hydrogen-bond acceptors (Lipinski definition) is 5. The van der Waals surface area contributed by atoms with E-state index in [0.717, 1.165) is 21.7 Å². The molecule has 0 aliphatic carbocycles. The monoisotopic (exact) mass is 523 g/mol. The summed E-state index contributed by atoms with van der Waals surface area (Å²) in [7, 11) is -2.28. The van der Waals surface area contributed by atoms with Crippen molar-refractivity contribution >= 4 is 39.1 Å². The molecular weight excluding hydrogens is 490 g/mol. The van der Waals surface area contributed by atoms with Gasteiger partial charge in [0.1, 0.15) is 18.3 Å². The zero-order valence-electron chi connectivity index (χ0n) is 21.0. The van der Waals surface area contributed by atoms with Crippen molar-refractivity contribution in [2.75, 3.05) is 24.2 Å². The minimum Gasteiger partial charge on any atom is -0.497 e. The van der Waals surface area contributed by atoms with Crippen LogP contribution in [0, 0.1) is 6.92 Å². The summed E-state index contributed by atoms with van der Waals surface area (Å²) in [5.41, 5.74) is 1.81. The molecule has 2 rings (SSSR count). The smallest absolute Gasteiger partial charge is 0.244 e. The highest BCUT2D eigenvalue weighted by atomic mass is 35.5. The summed E-state index contributed by atoms with van der Waals surface area (Å²) in [5.74, 6) is -0.203. The zero-order chi connectivity index (χ0) is 26.3. The van der Waals surface area contributed by atoms with Gasteiger partial charge in [-0.15, -0.1) is 0 Å². The SMILES string of the molecule is CC[C@H](C(=O)NC(C)C)N(Cc1cccc(OC)c1)C(=O)CN(c1ccc(C)c(Cl)c1)S(C)(=O)=O. The minimum absolute atomic E-state index is 0.103. The molecule has 0 spiro atoms. The van der Waals surface area contributed by atoms with Gasteiger partial charge in [0.25, 0.3) is 0 Å². The molecule has 192 valence electrons. The summed E-state index contributed by atoms with van der Waals surface area (Å²) in [6.45, 7) is 6.91. The standard InChI is InChI=1S/C25H34ClN3O5S/c1-7-23(25(31)27-17(2)3)28(15-19-9-8-10-21(13-19)34-5)24(30)16-29(35(6,32)33)20-12-11-18(4)22(26)14-20/h8-14,17,23H,7,15-16H2,1-6H3,(H,27,31)/t23-/m1/s1. The fraction of sp³-hybridized carbons (Fsp3) is 0.440. The molecule has 0 fully saturated rings. The topological polar surface area (TPSA) is 96.0 Å². The second-order valence-corrected chi connectivity index (χ2v) is 11.0. The molecule has 8 nitrogen and oxygen atoms in total. The van der Waals surface area contributed by atoms with Crippen molar-refractivity contribution in [3.05, 3.63) is 58.6 Å². The largest absolute Gasteiger partial charge is 0.497 e. The van der Waals surface area contributed by atoms with Crippen molar-refractivity contribution in [2.45, 2.75) is 52.7 Å². The molecule has 2 amide bonds. The van der Waals surface area contributed by atoms with Crippen molar-refractivity contribution in [3.63, 3.8) is 0 Å². The van der Waals surface area contributed by atoms with Crippen LogP contribution in [0.1, 0.15) is 38.3 Å². The first-order valence-electron chi connectivity index (χ1n) is 11.3. The van der Waals surface area contributed by atoms with E-state index in [2.05, 4.69) is 5.32 Å². The van der Waals surface area contributed by atoms with Gasteiger partial charge in [0.15, 0.2) is 0 Å². The Labute approximate surface area is 213 Å². The summed E-state index contributed by atoms with van der Waals surface area (Å²) in [5, 5.41) is 3.25. The molecular formula is C25H34ClN3O5S. The van der Waals surface area contributed by atoms with Crippen molar-refractivity contribution < 1.29 is 22.7 Å². The molecule has 0 heterocycles. The Bertz CT molecular complexity index is 1150. The first kappa shape index (κ1) is 28.5. The number of rotatable bonds is 11. The molecule has 0 aliphatic rings. The Morgan fingerprint density at radius 3 is 2.37 bits per heavy atom. The van der Waals surface area contributed by atoms with Crippen LogP contribution in [-0.4, -0.2) is 57.1 Å². The molecule has 1 N–H and O–H groups in total. The van der Waals surface area contributed by atoms with E-state index in [0.29, 0.717) is 17.2 Å². The van der Waals surface area contributed by atoms with Crippen LogP contribution in [0.25, 0.3) is 0 Å². The van der Waals surface area contributed by atoms with Gasteiger partial charge >= 0.3 is 0 Å². The van der Waals surface area contributed by atoms with Gasteiger partial charge in [-0.3, -0.25) is 13.9 Å². The molecule has 0 aromatic heterocycles. The number of nitrogens with one attached hydrogen (secondary N) is 1. The number of carbonyl (C=O) groups is 2. The van der Waals surface area contributed by atoms with E-state index < -0.39 is 28.5 Å². The van der Waals surface area contributed by atoms with Gasteiger partial charge in [-0.05, 0) is 62.6 Å². The van der Waals surface area contributed by atoms with Crippen molar-refractivity contribution in [1.29, 1.82) is 0 Å². The third kappa shape index (κ3) is 7.86. The molecule has 10 heteroatoms. The van der Waals surface area contributed by atoms with Gasteiger partial charge in [0, 0.05) is 17.6 Å². The number of nitrogens with zero attached hydrogens (tertiary/aromatic N) is 2. The lowest BCUT2D eigenvalue weighted by Gasteiger charge is -2.33. The van der Waals surface area contributed by atoms with E-state index in [-0.39, 0.29) is 24.2 Å². The van der Waals surface area contributed by atoms with E-state index in [1.807, 2.05) is 26.8 Å². The molecule has 2 aromatic rings. The van der Waals surface area contributed by atoms with Crippen LogP contribution < -0.4 is 14.4 Å². The number of anilines is 1. The van der Waals surface area contributed by atoms with Crippen molar-refractivity contribution in [1.82, 2.24) is 10.2 Å². The Morgan fingerprint density at radius 2 is 1.83 bits per heavy atom. The highest BCUT2D eigenvalue weighted by Gasteiger charge is 2.32. The number of carbonyl (C=O) groups excluding carboxylic acids is 2. The highest BCUT2D eigenvalue weighted by Crippen LogP contribution is 2.26. The second kappa shape index (κ2) is 12.3. The first-order chi connectivity index (χ1) is 16.4. The van der Waals surface area contributed by atoms with Gasteiger partial charge in [0.05, 0.1) is 19.1 Å². The average molecular weight is 524 g/mol. The van der Waals surface area contributed by atoms with Crippen molar-refractivity contribution in [3.8, 4) is 5.75 Å².